The molecule has 6 heteroatoms. The third kappa shape index (κ3) is 4.61. The summed E-state index contributed by atoms with van der Waals surface area (Å²) < 4.78 is 10.4. The zero-order valence-corrected chi connectivity index (χ0v) is 18.5. The minimum absolute atomic E-state index is 0.184. The molecular weight excluding hydrogens is 426 g/mol. The predicted molar refractivity (Wildman–Crippen MR) is 132 cm³/mol. The van der Waals surface area contributed by atoms with Gasteiger partial charge < -0.3 is 9.47 Å². The fraction of sp³-hybridized carbons (Fsp3) is 0.0714. The second kappa shape index (κ2) is 9.50. The van der Waals surface area contributed by atoms with E-state index >= 15 is 0 Å². The van der Waals surface area contributed by atoms with Crippen molar-refractivity contribution in [3.05, 3.63) is 102 Å². The largest absolute Gasteiger partial charge is 0.497 e. The Morgan fingerprint density at radius 1 is 0.824 bits per heavy atom. The first-order valence-electron chi connectivity index (χ1n) is 10.8. The SMILES string of the molecule is COc1ccc(COC(=O)/C=C/c2cccc(-c3ccc4ccc5cccnc5c4n3)n2)cc1. The summed E-state index contributed by atoms with van der Waals surface area (Å²) in [6, 6.07) is 25.0. The Morgan fingerprint density at radius 2 is 1.59 bits per heavy atom. The zero-order valence-electron chi connectivity index (χ0n) is 18.5. The van der Waals surface area contributed by atoms with Crippen LogP contribution in [0.1, 0.15) is 11.3 Å². The van der Waals surface area contributed by atoms with Crippen LogP contribution in [0.5, 0.6) is 5.75 Å². The normalized spacial score (nSPS) is 11.2. The van der Waals surface area contributed by atoms with E-state index in [-0.39, 0.29) is 6.61 Å². The van der Waals surface area contributed by atoms with E-state index in [1.54, 1.807) is 19.4 Å². The lowest BCUT2D eigenvalue weighted by molar-refractivity contribution is -0.138. The molecule has 0 aliphatic rings. The number of hydrogen-bond acceptors (Lipinski definition) is 6. The van der Waals surface area contributed by atoms with Crippen molar-refractivity contribution in [2.45, 2.75) is 6.61 Å². The van der Waals surface area contributed by atoms with Gasteiger partial charge in [0.15, 0.2) is 0 Å². The molecule has 0 bridgehead atoms. The number of aromatic nitrogens is 3. The van der Waals surface area contributed by atoms with Crippen LogP contribution in [0.2, 0.25) is 0 Å². The van der Waals surface area contributed by atoms with Crippen molar-refractivity contribution in [3.63, 3.8) is 0 Å². The minimum Gasteiger partial charge on any atom is -0.497 e. The highest BCUT2D eigenvalue weighted by Gasteiger charge is 2.08. The number of hydrogen-bond donors (Lipinski definition) is 0. The molecule has 3 aromatic heterocycles. The van der Waals surface area contributed by atoms with Gasteiger partial charge in [-0.3, -0.25) is 4.98 Å². The minimum atomic E-state index is -0.440. The molecule has 0 saturated heterocycles. The second-order valence-corrected chi connectivity index (χ2v) is 7.65. The van der Waals surface area contributed by atoms with Crippen LogP contribution in [0.3, 0.4) is 0 Å². The number of rotatable bonds is 6. The Balaban J connectivity index is 1.33. The smallest absolute Gasteiger partial charge is 0.331 e. The highest BCUT2D eigenvalue weighted by molar-refractivity contribution is 6.03. The van der Waals surface area contributed by atoms with Crippen LogP contribution >= 0.6 is 0 Å². The number of benzene rings is 2. The molecule has 0 saturated carbocycles. The predicted octanol–water partition coefficient (Wildman–Crippen LogP) is 5.61. The third-order valence-electron chi connectivity index (χ3n) is 5.40. The lowest BCUT2D eigenvalue weighted by atomic mass is 10.1. The van der Waals surface area contributed by atoms with Crippen LogP contribution in [0, 0.1) is 0 Å². The van der Waals surface area contributed by atoms with Crippen molar-refractivity contribution < 1.29 is 14.3 Å². The van der Waals surface area contributed by atoms with E-state index in [0.717, 1.165) is 38.8 Å². The van der Waals surface area contributed by atoms with Crippen LogP contribution in [0.4, 0.5) is 0 Å². The molecule has 0 unspecified atom stereocenters. The number of ether oxygens (including phenoxy) is 2. The van der Waals surface area contributed by atoms with E-state index in [2.05, 4.69) is 9.97 Å². The van der Waals surface area contributed by atoms with Crippen molar-refractivity contribution >= 4 is 33.9 Å². The summed E-state index contributed by atoms with van der Waals surface area (Å²) in [5.74, 6) is 0.315. The molecule has 0 aliphatic carbocycles. The summed E-state index contributed by atoms with van der Waals surface area (Å²) in [6.45, 7) is 0.184. The molecular formula is C28H21N3O3. The van der Waals surface area contributed by atoms with Gasteiger partial charge in [-0.25, -0.2) is 14.8 Å². The van der Waals surface area contributed by atoms with Crippen molar-refractivity contribution in [2.24, 2.45) is 0 Å². The Hall–Kier alpha value is -4.58. The Kier molecular flexibility index (Phi) is 5.95. The molecule has 0 radical (unpaired) electrons. The molecule has 5 aromatic rings. The van der Waals surface area contributed by atoms with E-state index < -0.39 is 5.97 Å². The van der Waals surface area contributed by atoms with Gasteiger partial charge in [-0.15, -0.1) is 0 Å². The summed E-state index contributed by atoms with van der Waals surface area (Å²) in [6.07, 6.45) is 4.78. The first-order chi connectivity index (χ1) is 16.7. The van der Waals surface area contributed by atoms with Gasteiger partial charge in [-0.2, -0.15) is 0 Å². The van der Waals surface area contributed by atoms with E-state index in [0.29, 0.717) is 11.4 Å². The topological polar surface area (TPSA) is 74.2 Å². The summed E-state index contributed by atoms with van der Waals surface area (Å²) in [5, 5.41) is 2.06. The fourth-order valence-electron chi connectivity index (χ4n) is 3.63. The van der Waals surface area contributed by atoms with Crippen molar-refractivity contribution in [3.8, 4) is 17.1 Å². The summed E-state index contributed by atoms with van der Waals surface area (Å²) in [4.78, 5) is 26.1. The first-order valence-corrected chi connectivity index (χ1v) is 10.8. The summed E-state index contributed by atoms with van der Waals surface area (Å²) >= 11 is 0. The molecule has 3 heterocycles. The van der Waals surface area contributed by atoms with Gasteiger partial charge in [0.05, 0.1) is 35.2 Å². The maximum atomic E-state index is 12.2. The van der Waals surface area contributed by atoms with Gasteiger partial charge in [0.25, 0.3) is 0 Å². The molecule has 0 fully saturated rings. The van der Waals surface area contributed by atoms with E-state index in [4.69, 9.17) is 14.5 Å². The van der Waals surface area contributed by atoms with E-state index in [9.17, 15) is 4.79 Å². The highest BCUT2D eigenvalue weighted by Crippen LogP contribution is 2.25. The molecule has 0 spiro atoms. The highest BCUT2D eigenvalue weighted by atomic mass is 16.5. The summed E-state index contributed by atoms with van der Waals surface area (Å²) in [5.41, 5.74) is 4.66. The molecule has 0 aliphatic heterocycles. The fourth-order valence-corrected chi connectivity index (χ4v) is 3.63. The summed E-state index contributed by atoms with van der Waals surface area (Å²) in [7, 11) is 1.61. The molecule has 166 valence electrons. The average molecular weight is 447 g/mol. The van der Waals surface area contributed by atoms with Gasteiger partial charge in [0.1, 0.15) is 12.4 Å². The van der Waals surface area contributed by atoms with Crippen LogP contribution in [0.25, 0.3) is 39.3 Å². The van der Waals surface area contributed by atoms with Gasteiger partial charge >= 0.3 is 5.97 Å². The zero-order chi connectivity index (χ0) is 23.3. The Bertz CT molecular complexity index is 1510. The number of carbonyl (C=O) groups excluding carboxylic acids is 1. The Labute approximate surface area is 196 Å². The molecule has 5 rings (SSSR count). The van der Waals surface area contributed by atoms with Gasteiger partial charge in [-0.1, -0.05) is 42.5 Å². The first kappa shape index (κ1) is 21.3. The quantitative estimate of drug-likeness (QED) is 0.191. The standard InChI is InChI=1S/C28H21N3O3/c1-33-23-13-7-19(8-14-23)18-34-26(32)16-12-22-5-2-6-24(30-22)25-15-11-21-10-9-20-4-3-17-29-27(20)28(21)31-25/h2-17H,18H2,1H3/b16-12+. The van der Waals surface area contributed by atoms with Crippen LogP contribution in [0.15, 0.2) is 91.1 Å². The maximum absolute atomic E-state index is 12.2. The van der Waals surface area contributed by atoms with Crippen LogP contribution in [-0.2, 0) is 16.1 Å². The molecule has 2 aromatic carbocycles. The number of esters is 1. The monoisotopic (exact) mass is 447 g/mol. The van der Waals surface area contributed by atoms with Crippen molar-refractivity contribution in [2.75, 3.05) is 7.11 Å². The number of methoxy groups -OCH3 is 1. The lowest BCUT2D eigenvalue weighted by Crippen LogP contribution is -2.01. The number of nitrogens with zero attached hydrogens (tertiary/aromatic N) is 3. The lowest BCUT2D eigenvalue weighted by Gasteiger charge is -2.06. The molecule has 0 amide bonds. The molecule has 6 nitrogen and oxygen atoms in total. The van der Waals surface area contributed by atoms with Gasteiger partial charge in [-0.05, 0) is 48.0 Å². The third-order valence-corrected chi connectivity index (χ3v) is 5.40. The molecule has 0 N–H and O–H groups in total. The van der Waals surface area contributed by atoms with Crippen LogP contribution in [-0.4, -0.2) is 28.0 Å². The van der Waals surface area contributed by atoms with E-state index in [1.165, 1.54) is 6.08 Å². The maximum Gasteiger partial charge on any atom is 0.331 e. The Morgan fingerprint density at radius 3 is 2.41 bits per heavy atom. The van der Waals surface area contributed by atoms with E-state index in [1.807, 2.05) is 78.9 Å². The van der Waals surface area contributed by atoms with Gasteiger partial charge in [0, 0.05) is 23.0 Å². The molecule has 34 heavy (non-hydrogen) atoms. The van der Waals surface area contributed by atoms with Crippen molar-refractivity contribution in [1.82, 2.24) is 15.0 Å². The number of fused-ring (bicyclic) bond motifs is 3. The van der Waals surface area contributed by atoms with Crippen molar-refractivity contribution in [1.29, 1.82) is 0 Å². The number of pyridine rings is 3. The molecule has 0 atom stereocenters. The average Bonchev–Trinajstić information content (AvgIpc) is 2.90. The second-order valence-electron chi connectivity index (χ2n) is 7.65. The number of carbonyl (C=O) groups is 1. The van der Waals surface area contributed by atoms with Gasteiger partial charge in [0.2, 0.25) is 0 Å². The van der Waals surface area contributed by atoms with Crippen LogP contribution < -0.4 is 4.74 Å².